The van der Waals surface area contributed by atoms with Crippen LogP contribution in [0, 0.1) is 0 Å². The maximum absolute atomic E-state index is 12.0. The van der Waals surface area contributed by atoms with E-state index in [1.54, 1.807) is 17.5 Å². The van der Waals surface area contributed by atoms with E-state index in [4.69, 9.17) is 5.11 Å². The zero-order valence-electron chi connectivity index (χ0n) is 9.74. The molecule has 1 atom stereocenters. The van der Waals surface area contributed by atoms with E-state index in [0.717, 1.165) is 0 Å². The van der Waals surface area contributed by atoms with Gasteiger partial charge in [0.2, 0.25) is 5.91 Å². The number of alkyl halides is 3. The molecule has 106 valence electrons. The van der Waals surface area contributed by atoms with E-state index in [0.29, 0.717) is 4.88 Å². The van der Waals surface area contributed by atoms with Gasteiger partial charge in [-0.3, -0.25) is 9.59 Å². The van der Waals surface area contributed by atoms with Crippen molar-refractivity contribution < 1.29 is 27.9 Å². The maximum Gasteiger partial charge on any atom is 0.389 e. The fourth-order valence-electron chi connectivity index (χ4n) is 1.41. The van der Waals surface area contributed by atoms with Gasteiger partial charge in [0.25, 0.3) is 0 Å². The van der Waals surface area contributed by atoms with E-state index < -0.39 is 36.9 Å². The predicted molar refractivity (Wildman–Crippen MR) is 62.7 cm³/mol. The molecule has 0 spiro atoms. The fourth-order valence-corrected chi connectivity index (χ4v) is 2.19. The van der Waals surface area contributed by atoms with Crippen molar-refractivity contribution in [3.05, 3.63) is 22.4 Å². The summed E-state index contributed by atoms with van der Waals surface area (Å²) >= 11 is 1.24. The summed E-state index contributed by atoms with van der Waals surface area (Å²) in [6.07, 6.45) is -6.69. The topological polar surface area (TPSA) is 66.4 Å². The average molecular weight is 295 g/mol. The molecule has 2 N–H and O–H groups in total. The number of halogens is 3. The summed E-state index contributed by atoms with van der Waals surface area (Å²) in [6.45, 7) is 0. The van der Waals surface area contributed by atoms with E-state index in [-0.39, 0.29) is 6.42 Å². The minimum atomic E-state index is -4.40. The lowest BCUT2D eigenvalue weighted by Gasteiger charge is -2.15. The quantitative estimate of drug-likeness (QED) is 0.848. The lowest BCUT2D eigenvalue weighted by molar-refractivity contribution is -0.145. The fraction of sp³-hybridized carbons (Fsp3) is 0.455. The van der Waals surface area contributed by atoms with Crippen LogP contribution in [0.2, 0.25) is 0 Å². The minimum Gasteiger partial charge on any atom is -0.481 e. The van der Waals surface area contributed by atoms with Gasteiger partial charge in [0.05, 0.1) is 18.9 Å². The van der Waals surface area contributed by atoms with Crippen molar-refractivity contribution in [2.45, 2.75) is 31.5 Å². The lowest BCUT2D eigenvalue weighted by atomic mass is 10.1. The summed E-state index contributed by atoms with van der Waals surface area (Å²) in [4.78, 5) is 22.7. The van der Waals surface area contributed by atoms with Crippen molar-refractivity contribution in [3.63, 3.8) is 0 Å². The predicted octanol–water partition coefficient (Wildman–Crippen LogP) is 2.72. The van der Waals surface area contributed by atoms with Crippen LogP contribution in [0.3, 0.4) is 0 Å². The highest BCUT2D eigenvalue weighted by Crippen LogP contribution is 2.24. The van der Waals surface area contributed by atoms with E-state index in [2.05, 4.69) is 5.32 Å². The molecule has 0 aromatic carbocycles. The molecule has 1 heterocycles. The second-order valence-corrected chi connectivity index (χ2v) is 4.83. The Balaban J connectivity index is 2.58. The Morgan fingerprint density at radius 3 is 2.58 bits per heavy atom. The van der Waals surface area contributed by atoms with E-state index >= 15 is 0 Å². The highest BCUT2D eigenvalue weighted by molar-refractivity contribution is 7.10. The van der Waals surface area contributed by atoms with E-state index in [1.165, 1.54) is 11.3 Å². The molecule has 1 amide bonds. The molecule has 0 radical (unpaired) electrons. The molecule has 0 saturated heterocycles. The van der Waals surface area contributed by atoms with Crippen LogP contribution < -0.4 is 5.32 Å². The monoisotopic (exact) mass is 295 g/mol. The van der Waals surface area contributed by atoms with Crippen molar-refractivity contribution in [2.75, 3.05) is 0 Å². The van der Waals surface area contributed by atoms with Gasteiger partial charge in [-0.2, -0.15) is 13.2 Å². The van der Waals surface area contributed by atoms with Gasteiger partial charge in [0, 0.05) is 11.3 Å². The highest BCUT2D eigenvalue weighted by atomic mass is 32.1. The number of amides is 1. The third-order valence-corrected chi connectivity index (χ3v) is 3.22. The van der Waals surface area contributed by atoms with Gasteiger partial charge < -0.3 is 10.4 Å². The number of carboxylic acid groups (broad SMARTS) is 1. The molecule has 1 aromatic rings. The van der Waals surface area contributed by atoms with Crippen LogP contribution in [-0.2, 0) is 9.59 Å². The Hall–Kier alpha value is -1.57. The van der Waals surface area contributed by atoms with Gasteiger partial charge in [0.15, 0.2) is 0 Å². The number of thiophene rings is 1. The van der Waals surface area contributed by atoms with Crippen LogP contribution in [0.1, 0.15) is 30.2 Å². The van der Waals surface area contributed by atoms with Gasteiger partial charge >= 0.3 is 12.1 Å². The number of aliphatic carboxylic acids is 1. The second-order valence-electron chi connectivity index (χ2n) is 3.85. The van der Waals surface area contributed by atoms with Crippen molar-refractivity contribution >= 4 is 23.2 Å². The first-order chi connectivity index (χ1) is 8.78. The minimum absolute atomic E-state index is 0.363. The number of hydrogen-bond donors (Lipinski definition) is 2. The normalized spacial score (nSPS) is 13.0. The smallest absolute Gasteiger partial charge is 0.389 e. The molecular formula is C11H12F3NO3S. The van der Waals surface area contributed by atoms with Gasteiger partial charge in [0.1, 0.15) is 0 Å². The zero-order chi connectivity index (χ0) is 14.5. The third-order valence-electron chi connectivity index (χ3n) is 2.24. The van der Waals surface area contributed by atoms with Crippen molar-refractivity contribution in [3.8, 4) is 0 Å². The number of rotatable bonds is 6. The molecule has 1 rings (SSSR count). The Kier molecular flexibility index (Phi) is 5.34. The number of carboxylic acids is 1. The summed E-state index contributed by atoms with van der Waals surface area (Å²) in [6, 6.07) is 2.51. The molecule has 0 fully saturated rings. The van der Waals surface area contributed by atoms with E-state index in [9.17, 15) is 22.8 Å². The van der Waals surface area contributed by atoms with Crippen LogP contribution in [0.15, 0.2) is 17.5 Å². The van der Waals surface area contributed by atoms with E-state index in [1.807, 2.05) is 0 Å². The lowest BCUT2D eigenvalue weighted by Crippen LogP contribution is -2.30. The van der Waals surface area contributed by atoms with Crippen LogP contribution in [0.4, 0.5) is 13.2 Å². The van der Waals surface area contributed by atoms with Crippen LogP contribution >= 0.6 is 11.3 Å². The number of hydrogen-bond acceptors (Lipinski definition) is 3. The first-order valence-corrected chi connectivity index (χ1v) is 6.27. The van der Waals surface area contributed by atoms with Crippen molar-refractivity contribution in [1.82, 2.24) is 5.32 Å². The molecular weight excluding hydrogens is 283 g/mol. The van der Waals surface area contributed by atoms with Crippen LogP contribution in [-0.4, -0.2) is 23.2 Å². The molecule has 0 aliphatic rings. The SMILES string of the molecule is O=C(O)CC(NC(=O)CCC(F)(F)F)c1cccs1. The average Bonchev–Trinajstić information content (AvgIpc) is 2.77. The summed E-state index contributed by atoms with van der Waals surface area (Å²) in [5.41, 5.74) is 0. The molecule has 1 aromatic heterocycles. The van der Waals surface area contributed by atoms with Gasteiger partial charge in [-0.05, 0) is 11.4 Å². The molecule has 0 aliphatic heterocycles. The molecule has 4 nitrogen and oxygen atoms in total. The number of nitrogens with one attached hydrogen (secondary N) is 1. The largest absolute Gasteiger partial charge is 0.481 e. The summed E-state index contributed by atoms with van der Waals surface area (Å²) in [5, 5.41) is 12.7. The summed E-state index contributed by atoms with van der Waals surface area (Å²) in [5.74, 6) is -1.94. The summed E-state index contributed by atoms with van der Waals surface area (Å²) < 4.78 is 35.9. The standard InChI is InChI=1S/C11H12F3NO3S/c12-11(13,14)4-3-9(16)15-7(6-10(17)18)8-2-1-5-19-8/h1-2,5,7H,3-4,6H2,(H,15,16)(H,17,18). The second kappa shape index (κ2) is 6.55. The van der Waals surface area contributed by atoms with Gasteiger partial charge in [-0.15, -0.1) is 11.3 Å². The van der Waals surface area contributed by atoms with Crippen LogP contribution in [0.5, 0.6) is 0 Å². The van der Waals surface area contributed by atoms with Crippen molar-refractivity contribution in [1.29, 1.82) is 0 Å². The number of carbonyl (C=O) groups is 2. The van der Waals surface area contributed by atoms with Crippen LogP contribution in [0.25, 0.3) is 0 Å². The maximum atomic E-state index is 12.0. The van der Waals surface area contributed by atoms with Crippen molar-refractivity contribution in [2.24, 2.45) is 0 Å². The Bertz CT molecular complexity index is 431. The molecule has 19 heavy (non-hydrogen) atoms. The molecule has 1 unspecified atom stereocenters. The highest BCUT2D eigenvalue weighted by Gasteiger charge is 2.28. The summed E-state index contributed by atoms with van der Waals surface area (Å²) in [7, 11) is 0. The first-order valence-electron chi connectivity index (χ1n) is 5.39. The third kappa shape index (κ3) is 6.23. The Morgan fingerprint density at radius 2 is 2.11 bits per heavy atom. The first kappa shape index (κ1) is 15.5. The van der Waals surface area contributed by atoms with Gasteiger partial charge in [-0.25, -0.2) is 0 Å². The Morgan fingerprint density at radius 1 is 1.42 bits per heavy atom. The Labute approximate surface area is 111 Å². The zero-order valence-corrected chi connectivity index (χ0v) is 10.6. The van der Waals surface area contributed by atoms with Gasteiger partial charge in [-0.1, -0.05) is 6.07 Å². The molecule has 0 saturated carbocycles. The number of carbonyl (C=O) groups excluding carboxylic acids is 1. The molecule has 0 aliphatic carbocycles. The molecule has 8 heteroatoms. The molecule has 0 bridgehead atoms.